The molecule has 8 heteroatoms. The summed E-state index contributed by atoms with van der Waals surface area (Å²) in [5, 5.41) is 9.55. The summed E-state index contributed by atoms with van der Waals surface area (Å²) in [4.78, 5) is 11.1. The number of halogens is 5. The molecular weight excluding hydrogens is 287 g/mol. The number of carbonyl (C=O) groups excluding carboxylic acids is 1. The van der Waals surface area contributed by atoms with E-state index in [1.54, 1.807) is 0 Å². The second kappa shape index (κ2) is 5.01. The molecule has 1 unspecified atom stereocenters. The van der Waals surface area contributed by atoms with E-state index < -0.39 is 29.2 Å². The Hall–Kier alpha value is -1.70. The summed E-state index contributed by atoms with van der Waals surface area (Å²) >= 11 is 0. The fourth-order valence-electron chi connectivity index (χ4n) is 1.51. The van der Waals surface area contributed by atoms with E-state index >= 15 is 0 Å². The van der Waals surface area contributed by atoms with Gasteiger partial charge >= 0.3 is 18.1 Å². The second-order valence-electron chi connectivity index (χ2n) is 4.21. The van der Waals surface area contributed by atoms with Crippen LogP contribution in [-0.2, 0) is 10.3 Å². The molecule has 1 aromatic carbocycles. The predicted molar refractivity (Wildman–Crippen MR) is 58.4 cm³/mol. The number of hydrogen-bond acceptors (Lipinski definition) is 3. The summed E-state index contributed by atoms with van der Waals surface area (Å²) < 4.78 is 67.7. The van der Waals surface area contributed by atoms with Gasteiger partial charge in [0.2, 0.25) is 0 Å². The molecule has 1 atom stereocenters. The quantitative estimate of drug-likeness (QED) is 0.689. The first kappa shape index (κ1) is 16.4. The van der Waals surface area contributed by atoms with Crippen molar-refractivity contribution in [2.75, 3.05) is 7.11 Å². The number of esters is 1. The standard InChI is InChI=1S/C12H11F5O3/c1-10(19,11(13,14)12(15,16)17)8-5-3-7(4-6-8)9(18)20-2/h3-6,19H,1-2H3. The lowest BCUT2D eigenvalue weighted by Gasteiger charge is -2.34. The van der Waals surface area contributed by atoms with Gasteiger partial charge in [-0.2, -0.15) is 22.0 Å². The first-order valence-electron chi connectivity index (χ1n) is 5.31. The summed E-state index contributed by atoms with van der Waals surface area (Å²) in [5.74, 6) is -6.12. The van der Waals surface area contributed by atoms with Crippen molar-refractivity contribution >= 4 is 5.97 Å². The molecule has 0 saturated carbocycles. The third kappa shape index (κ3) is 2.60. The summed E-state index contributed by atoms with van der Waals surface area (Å²) in [5.41, 5.74) is -4.17. The fourth-order valence-corrected chi connectivity index (χ4v) is 1.51. The van der Waals surface area contributed by atoms with Gasteiger partial charge in [-0.25, -0.2) is 4.79 Å². The van der Waals surface area contributed by atoms with E-state index in [-0.39, 0.29) is 5.56 Å². The van der Waals surface area contributed by atoms with Crippen molar-refractivity contribution < 1.29 is 36.6 Å². The van der Waals surface area contributed by atoms with Gasteiger partial charge in [0.15, 0.2) is 5.60 Å². The lowest BCUT2D eigenvalue weighted by atomic mass is 9.88. The summed E-state index contributed by atoms with van der Waals surface area (Å²) in [7, 11) is 1.09. The van der Waals surface area contributed by atoms with Gasteiger partial charge in [-0.1, -0.05) is 12.1 Å². The van der Waals surface area contributed by atoms with Gasteiger partial charge in [-0.05, 0) is 24.6 Å². The van der Waals surface area contributed by atoms with Crippen LogP contribution in [0.1, 0.15) is 22.8 Å². The number of benzene rings is 1. The largest absolute Gasteiger partial charge is 0.465 e. The van der Waals surface area contributed by atoms with Gasteiger partial charge in [0, 0.05) is 0 Å². The number of ether oxygens (including phenoxy) is 1. The van der Waals surface area contributed by atoms with E-state index in [0.29, 0.717) is 6.92 Å². The Balaban J connectivity index is 3.20. The van der Waals surface area contributed by atoms with Crippen LogP contribution < -0.4 is 0 Å². The maximum Gasteiger partial charge on any atom is 0.456 e. The Bertz CT molecular complexity index is 491. The van der Waals surface area contributed by atoms with E-state index in [1.807, 2.05) is 0 Å². The van der Waals surface area contributed by atoms with E-state index in [9.17, 15) is 31.9 Å². The fraction of sp³-hybridized carbons (Fsp3) is 0.417. The zero-order chi connectivity index (χ0) is 15.8. The van der Waals surface area contributed by atoms with Gasteiger partial charge in [0.05, 0.1) is 12.7 Å². The van der Waals surface area contributed by atoms with Crippen molar-refractivity contribution in [2.45, 2.75) is 24.6 Å². The zero-order valence-corrected chi connectivity index (χ0v) is 10.5. The van der Waals surface area contributed by atoms with Crippen molar-refractivity contribution in [3.8, 4) is 0 Å². The maximum atomic E-state index is 13.3. The van der Waals surface area contributed by atoms with Crippen LogP contribution in [0, 0.1) is 0 Å². The van der Waals surface area contributed by atoms with Crippen LogP contribution >= 0.6 is 0 Å². The Labute approximate surface area is 111 Å². The molecule has 0 saturated heterocycles. The molecule has 112 valence electrons. The Morgan fingerprint density at radius 3 is 1.90 bits per heavy atom. The maximum absolute atomic E-state index is 13.3. The van der Waals surface area contributed by atoms with Gasteiger partial charge in [0.25, 0.3) is 0 Å². The van der Waals surface area contributed by atoms with E-state index in [4.69, 9.17) is 0 Å². The van der Waals surface area contributed by atoms with Gasteiger partial charge in [-0.3, -0.25) is 0 Å². The third-order valence-corrected chi connectivity index (χ3v) is 2.84. The number of alkyl halides is 5. The first-order valence-corrected chi connectivity index (χ1v) is 5.31. The van der Waals surface area contributed by atoms with Crippen molar-refractivity contribution in [1.29, 1.82) is 0 Å². The summed E-state index contributed by atoms with van der Waals surface area (Å²) in [6.07, 6.45) is -5.91. The molecule has 0 radical (unpaired) electrons. The molecule has 0 fully saturated rings. The molecule has 0 aromatic heterocycles. The Kier molecular flexibility index (Phi) is 4.09. The minimum atomic E-state index is -5.91. The van der Waals surface area contributed by atoms with Crippen molar-refractivity contribution in [3.05, 3.63) is 35.4 Å². The minimum Gasteiger partial charge on any atom is -0.465 e. The SMILES string of the molecule is COC(=O)c1ccc(C(C)(O)C(F)(F)C(F)(F)F)cc1. The predicted octanol–water partition coefficient (Wildman–Crippen LogP) is 2.88. The van der Waals surface area contributed by atoms with Crippen molar-refractivity contribution in [1.82, 2.24) is 0 Å². The Morgan fingerprint density at radius 1 is 1.10 bits per heavy atom. The monoisotopic (exact) mass is 298 g/mol. The Morgan fingerprint density at radius 2 is 1.55 bits per heavy atom. The highest BCUT2D eigenvalue weighted by Crippen LogP contribution is 2.48. The highest BCUT2D eigenvalue weighted by molar-refractivity contribution is 5.89. The molecule has 1 N–H and O–H groups in total. The molecule has 0 bridgehead atoms. The second-order valence-corrected chi connectivity index (χ2v) is 4.21. The summed E-state index contributed by atoms with van der Waals surface area (Å²) in [6, 6.07) is 3.60. The molecule has 0 aliphatic carbocycles. The highest BCUT2D eigenvalue weighted by atomic mass is 19.4. The lowest BCUT2D eigenvalue weighted by molar-refractivity contribution is -0.342. The van der Waals surface area contributed by atoms with Crippen molar-refractivity contribution in [2.24, 2.45) is 0 Å². The smallest absolute Gasteiger partial charge is 0.456 e. The van der Waals surface area contributed by atoms with E-state index in [1.165, 1.54) is 0 Å². The molecule has 3 nitrogen and oxygen atoms in total. The van der Waals surface area contributed by atoms with Crippen LogP contribution in [0.25, 0.3) is 0 Å². The van der Waals surface area contributed by atoms with Crippen LogP contribution in [0.5, 0.6) is 0 Å². The van der Waals surface area contributed by atoms with Crippen LogP contribution in [0.4, 0.5) is 22.0 Å². The molecule has 1 rings (SSSR count). The van der Waals surface area contributed by atoms with Crippen LogP contribution in [0.3, 0.4) is 0 Å². The van der Waals surface area contributed by atoms with Gasteiger partial charge in [0.1, 0.15) is 0 Å². The average Bonchev–Trinajstić information content (AvgIpc) is 2.36. The third-order valence-electron chi connectivity index (χ3n) is 2.84. The van der Waals surface area contributed by atoms with Crippen LogP contribution in [0.2, 0.25) is 0 Å². The number of rotatable bonds is 3. The zero-order valence-electron chi connectivity index (χ0n) is 10.5. The normalized spacial score (nSPS) is 15.6. The van der Waals surface area contributed by atoms with Crippen LogP contribution in [-0.4, -0.2) is 30.3 Å². The van der Waals surface area contributed by atoms with E-state index in [2.05, 4.69) is 4.74 Å². The molecule has 0 aliphatic rings. The number of aliphatic hydroxyl groups is 1. The molecule has 0 amide bonds. The first-order chi connectivity index (χ1) is 8.95. The molecule has 1 aromatic rings. The molecule has 0 aliphatic heterocycles. The number of methoxy groups -OCH3 is 1. The molecular formula is C12H11F5O3. The topological polar surface area (TPSA) is 46.5 Å². The lowest BCUT2D eigenvalue weighted by Crippen LogP contribution is -2.53. The minimum absolute atomic E-state index is 0.0395. The molecule has 20 heavy (non-hydrogen) atoms. The van der Waals surface area contributed by atoms with Crippen LogP contribution in [0.15, 0.2) is 24.3 Å². The highest BCUT2D eigenvalue weighted by Gasteiger charge is 2.68. The van der Waals surface area contributed by atoms with Crippen molar-refractivity contribution in [3.63, 3.8) is 0 Å². The molecule has 0 spiro atoms. The van der Waals surface area contributed by atoms with Gasteiger partial charge < -0.3 is 9.84 Å². The number of hydrogen-bond donors (Lipinski definition) is 1. The van der Waals surface area contributed by atoms with Gasteiger partial charge in [-0.15, -0.1) is 0 Å². The average molecular weight is 298 g/mol. The summed E-state index contributed by atoms with van der Waals surface area (Å²) in [6.45, 7) is 0.355. The molecule has 0 heterocycles. The number of carbonyl (C=O) groups is 1. The van der Waals surface area contributed by atoms with E-state index in [0.717, 1.165) is 31.4 Å².